The monoisotopic (exact) mass is 258 g/mol. The van der Waals surface area contributed by atoms with Crippen LogP contribution in [0.1, 0.15) is 12.8 Å². The second kappa shape index (κ2) is 4.64. The molecule has 2 bridgehead atoms. The molecule has 0 aromatic carbocycles. The van der Waals surface area contributed by atoms with Crippen molar-refractivity contribution in [1.82, 2.24) is 9.97 Å². The summed E-state index contributed by atoms with van der Waals surface area (Å²) in [6.07, 6.45) is 8.19. The van der Waals surface area contributed by atoms with Crippen LogP contribution in [0.4, 0.5) is 11.8 Å². The highest BCUT2D eigenvalue weighted by Gasteiger charge is 2.39. The predicted octanol–water partition coefficient (Wildman–Crippen LogP) is 1.69. The molecule has 2 aliphatic rings. The Balaban J connectivity index is 1.70. The minimum atomic E-state index is 0.0836. The van der Waals surface area contributed by atoms with Gasteiger partial charge in [-0.25, -0.2) is 4.98 Å². The highest BCUT2D eigenvalue weighted by molar-refractivity contribution is 5.92. The summed E-state index contributed by atoms with van der Waals surface area (Å²) >= 11 is 0. The van der Waals surface area contributed by atoms with Gasteiger partial charge in [0.05, 0.1) is 0 Å². The molecule has 1 aromatic rings. The average molecular weight is 258 g/mol. The molecule has 1 heterocycles. The number of aromatic nitrogens is 2. The first-order chi connectivity index (χ1) is 9.13. The first-order valence-electron chi connectivity index (χ1n) is 6.63. The fraction of sp³-hybridized carbons (Fsp3) is 0.500. The number of anilines is 2. The van der Waals surface area contributed by atoms with Crippen LogP contribution in [-0.2, 0) is 4.79 Å². The Kier molecular flexibility index (Phi) is 2.97. The standard InChI is InChI=1S/C14H18N4O/c1-18(2)14-15-6-5-12(17-14)16-13(19)11-8-9-3-4-10(11)7-9/h3-6,9-11H,7-8H2,1-2H3,(H,15,16,17,19)/t9-,10-,11+/m0/s1. The molecular weight excluding hydrogens is 240 g/mol. The zero-order valence-electron chi connectivity index (χ0n) is 11.2. The van der Waals surface area contributed by atoms with E-state index in [1.165, 1.54) is 0 Å². The van der Waals surface area contributed by atoms with Gasteiger partial charge in [0.2, 0.25) is 11.9 Å². The van der Waals surface area contributed by atoms with Crippen LogP contribution in [0.2, 0.25) is 0 Å². The highest BCUT2D eigenvalue weighted by Crippen LogP contribution is 2.43. The van der Waals surface area contributed by atoms with Crippen molar-refractivity contribution in [3.63, 3.8) is 0 Å². The molecule has 1 N–H and O–H groups in total. The Morgan fingerprint density at radius 3 is 2.84 bits per heavy atom. The van der Waals surface area contributed by atoms with E-state index in [0.29, 0.717) is 23.6 Å². The Morgan fingerprint density at radius 2 is 2.21 bits per heavy atom. The van der Waals surface area contributed by atoms with E-state index in [1.807, 2.05) is 19.0 Å². The molecule has 0 saturated heterocycles. The lowest BCUT2D eigenvalue weighted by atomic mass is 9.93. The molecule has 19 heavy (non-hydrogen) atoms. The van der Waals surface area contributed by atoms with Gasteiger partial charge in [-0.2, -0.15) is 4.98 Å². The molecule has 5 nitrogen and oxygen atoms in total. The van der Waals surface area contributed by atoms with E-state index in [2.05, 4.69) is 27.4 Å². The van der Waals surface area contributed by atoms with Gasteiger partial charge in [0.25, 0.3) is 0 Å². The number of nitrogens with zero attached hydrogens (tertiary/aromatic N) is 3. The van der Waals surface area contributed by atoms with Crippen LogP contribution in [-0.4, -0.2) is 30.0 Å². The van der Waals surface area contributed by atoms with Crippen molar-refractivity contribution in [2.24, 2.45) is 17.8 Å². The van der Waals surface area contributed by atoms with Crippen LogP contribution < -0.4 is 10.2 Å². The quantitative estimate of drug-likeness (QED) is 0.838. The summed E-state index contributed by atoms with van der Waals surface area (Å²) < 4.78 is 0. The second-order valence-corrected chi connectivity index (χ2v) is 5.51. The SMILES string of the molecule is CN(C)c1nccc(NC(=O)[C@@H]2C[C@H]3C=C[C@H]2C3)n1. The minimum absolute atomic E-state index is 0.0836. The lowest BCUT2D eigenvalue weighted by Gasteiger charge is -2.17. The first-order valence-corrected chi connectivity index (χ1v) is 6.63. The summed E-state index contributed by atoms with van der Waals surface area (Å²) in [5.41, 5.74) is 0. The Hall–Kier alpha value is -1.91. The number of amides is 1. The topological polar surface area (TPSA) is 58.1 Å². The van der Waals surface area contributed by atoms with Crippen LogP contribution in [0.25, 0.3) is 0 Å². The van der Waals surface area contributed by atoms with Crippen LogP contribution in [0.15, 0.2) is 24.4 Å². The summed E-state index contributed by atoms with van der Waals surface area (Å²) in [5.74, 6) is 2.39. The zero-order valence-corrected chi connectivity index (χ0v) is 11.2. The van der Waals surface area contributed by atoms with Crippen molar-refractivity contribution >= 4 is 17.7 Å². The van der Waals surface area contributed by atoms with Gasteiger partial charge in [-0.15, -0.1) is 0 Å². The molecule has 2 aliphatic carbocycles. The first kappa shape index (κ1) is 12.1. The van der Waals surface area contributed by atoms with E-state index in [9.17, 15) is 4.79 Å². The Bertz CT molecular complexity index is 526. The van der Waals surface area contributed by atoms with Crippen LogP contribution in [0, 0.1) is 17.8 Å². The van der Waals surface area contributed by atoms with Gasteiger partial charge >= 0.3 is 0 Å². The molecule has 3 rings (SSSR count). The van der Waals surface area contributed by atoms with E-state index < -0.39 is 0 Å². The van der Waals surface area contributed by atoms with Crippen molar-refractivity contribution in [3.8, 4) is 0 Å². The van der Waals surface area contributed by atoms with Crippen molar-refractivity contribution in [3.05, 3.63) is 24.4 Å². The van der Waals surface area contributed by atoms with Crippen molar-refractivity contribution in [1.29, 1.82) is 0 Å². The summed E-state index contributed by atoms with van der Waals surface area (Å²) in [5, 5.41) is 2.91. The minimum Gasteiger partial charge on any atom is -0.347 e. The number of allylic oxidation sites excluding steroid dienone is 2. The molecule has 5 heteroatoms. The van der Waals surface area contributed by atoms with Crippen LogP contribution >= 0.6 is 0 Å². The van der Waals surface area contributed by atoms with E-state index in [0.717, 1.165) is 12.8 Å². The highest BCUT2D eigenvalue weighted by atomic mass is 16.2. The lowest BCUT2D eigenvalue weighted by Crippen LogP contribution is -2.26. The Labute approximate surface area is 112 Å². The third-order valence-corrected chi connectivity index (χ3v) is 3.91. The van der Waals surface area contributed by atoms with E-state index in [-0.39, 0.29) is 11.8 Å². The second-order valence-electron chi connectivity index (χ2n) is 5.51. The fourth-order valence-electron chi connectivity index (χ4n) is 2.93. The number of fused-ring (bicyclic) bond motifs is 2. The maximum absolute atomic E-state index is 12.3. The third kappa shape index (κ3) is 2.32. The number of hydrogen-bond acceptors (Lipinski definition) is 4. The number of carbonyl (C=O) groups excluding carboxylic acids is 1. The lowest BCUT2D eigenvalue weighted by molar-refractivity contribution is -0.120. The van der Waals surface area contributed by atoms with E-state index in [1.54, 1.807) is 12.3 Å². The van der Waals surface area contributed by atoms with E-state index >= 15 is 0 Å². The van der Waals surface area contributed by atoms with Gasteiger partial charge in [-0.1, -0.05) is 12.2 Å². The molecule has 1 saturated carbocycles. The Morgan fingerprint density at radius 1 is 1.37 bits per heavy atom. The van der Waals surface area contributed by atoms with Gasteiger partial charge in [0.15, 0.2) is 0 Å². The molecule has 3 atom stereocenters. The van der Waals surface area contributed by atoms with Gasteiger partial charge in [0.1, 0.15) is 5.82 Å². The van der Waals surface area contributed by atoms with Gasteiger partial charge in [0, 0.05) is 26.2 Å². The molecule has 0 unspecified atom stereocenters. The van der Waals surface area contributed by atoms with Gasteiger partial charge in [-0.3, -0.25) is 4.79 Å². The molecule has 1 fully saturated rings. The van der Waals surface area contributed by atoms with Crippen molar-refractivity contribution < 1.29 is 4.79 Å². The number of rotatable bonds is 3. The molecule has 1 amide bonds. The smallest absolute Gasteiger partial charge is 0.229 e. The summed E-state index contributed by atoms with van der Waals surface area (Å²) in [4.78, 5) is 22.5. The van der Waals surface area contributed by atoms with Crippen molar-refractivity contribution in [2.45, 2.75) is 12.8 Å². The average Bonchev–Trinajstić information content (AvgIpc) is 3.01. The molecule has 100 valence electrons. The van der Waals surface area contributed by atoms with Gasteiger partial charge < -0.3 is 10.2 Å². The molecular formula is C14H18N4O. The van der Waals surface area contributed by atoms with Gasteiger partial charge in [-0.05, 0) is 30.7 Å². The summed E-state index contributed by atoms with van der Waals surface area (Å²) in [7, 11) is 3.75. The number of carbonyl (C=O) groups is 1. The molecule has 0 aliphatic heterocycles. The van der Waals surface area contributed by atoms with Crippen LogP contribution in [0.5, 0.6) is 0 Å². The van der Waals surface area contributed by atoms with E-state index in [4.69, 9.17) is 0 Å². The maximum Gasteiger partial charge on any atom is 0.229 e. The van der Waals surface area contributed by atoms with Crippen molar-refractivity contribution in [2.75, 3.05) is 24.3 Å². The predicted molar refractivity (Wildman–Crippen MR) is 73.8 cm³/mol. The zero-order chi connectivity index (χ0) is 13.4. The fourth-order valence-corrected chi connectivity index (χ4v) is 2.93. The maximum atomic E-state index is 12.3. The molecule has 0 radical (unpaired) electrons. The molecule has 0 spiro atoms. The number of nitrogens with one attached hydrogen (secondary N) is 1. The largest absolute Gasteiger partial charge is 0.347 e. The summed E-state index contributed by atoms with van der Waals surface area (Å²) in [6.45, 7) is 0. The third-order valence-electron chi connectivity index (χ3n) is 3.91. The normalized spacial score (nSPS) is 27.6. The summed E-state index contributed by atoms with van der Waals surface area (Å²) in [6, 6.07) is 1.73. The van der Waals surface area contributed by atoms with Crippen LogP contribution in [0.3, 0.4) is 0 Å². The molecule has 1 aromatic heterocycles. The number of hydrogen-bond donors (Lipinski definition) is 1.